The summed E-state index contributed by atoms with van der Waals surface area (Å²) in [5.74, 6) is 0.189. The zero-order valence-corrected chi connectivity index (χ0v) is 11.8. The molecule has 0 unspecified atom stereocenters. The Morgan fingerprint density at radius 2 is 2.05 bits per heavy atom. The highest BCUT2D eigenvalue weighted by atomic mass is 16.2. The van der Waals surface area contributed by atoms with E-state index in [9.17, 15) is 4.79 Å². The van der Waals surface area contributed by atoms with Gasteiger partial charge in [-0.15, -0.1) is 5.10 Å². The van der Waals surface area contributed by atoms with Crippen LogP contribution in [0.2, 0.25) is 0 Å². The van der Waals surface area contributed by atoms with Crippen molar-refractivity contribution in [2.75, 3.05) is 26.2 Å². The number of aromatic nitrogens is 4. The minimum Gasteiger partial charge on any atom is -0.341 e. The predicted octanol–water partition coefficient (Wildman–Crippen LogP) is 0.0267. The molecule has 1 aliphatic heterocycles. The highest BCUT2D eigenvalue weighted by Gasteiger charge is 2.15. The molecule has 1 aromatic carbocycles. The Kier molecular flexibility index (Phi) is 4.20. The summed E-state index contributed by atoms with van der Waals surface area (Å²) in [6.07, 6.45) is 3.00. The van der Waals surface area contributed by atoms with Gasteiger partial charge in [-0.05, 0) is 41.1 Å². The maximum atomic E-state index is 12.3. The van der Waals surface area contributed by atoms with Gasteiger partial charge in [0.05, 0.1) is 12.1 Å². The molecule has 1 fully saturated rings. The monoisotopic (exact) mass is 286 g/mol. The van der Waals surface area contributed by atoms with Gasteiger partial charge in [-0.25, -0.2) is 4.68 Å². The fraction of sp³-hybridized carbons (Fsp3) is 0.429. The van der Waals surface area contributed by atoms with Crippen molar-refractivity contribution in [3.8, 4) is 5.69 Å². The van der Waals surface area contributed by atoms with Crippen molar-refractivity contribution in [3.63, 3.8) is 0 Å². The first-order valence-electron chi connectivity index (χ1n) is 7.14. The van der Waals surface area contributed by atoms with Gasteiger partial charge in [-0.3, -0.25) is 4.79 Å². The Labute approximate surface area is 122 Å². The molecule has 1 aliphatic rings. The van der Waals surface area contributed by atoms with Gasteiger partial charge in [-0.1, -0.05) is 12.1 Å². The molecule has 1 aromatic heterocycles. The van der Waals surface area contributed by atoms with E-state index in [-0.39, 0.29) is 5.91 Å². The molecule has 1 N–H and O–H groups in total. The van der Waals surface area contributed by atoms with Crippen LogP contribution >= 0.6 is 0 Å². The van der Waals surface area contributed by atoms with E-state index in [1.54, 1.807) is 11.0 Å². The maximum absolute atomic E-state index is 12.3. The largest absolute Gasteiger partial charge is 0.341 e. The third-order valence-electron chi connectivity index (χ3n) is 3.60. The first-order chi connectivity index (χ1) is 10.3. The number of nitrogens with zero attached hydrogens (tertiary/aromatic N) is 5. The lowest BCUT2D eigenvalue weighted by molar-refractivity contribution is -0.130. The van der Waals surface area contributed by atoms with Gasteiger partial charge < -0.3 is 10.2 Å². The van der Waals surface area contributed by atoms with Gasteiger partial charge in [0.2, 0.25) is 5.91 Å². The number of carbonyl (C=O) groups excluding carboxylic acids is 1. The van der Waals surface area contributed by atoms with Crippen molar-refractivity contribution in [1.82, 2.24) is 30.4 Å². The third kappa shape index (κ3) is 3.43. The van der Waals surface area contributed by atoms with E-state index in [0.29, 0.717) is 6.42 Å². The Balaban J connectivity index is 1.63. The molecule has 110 valence electrons. The summed E-state index contributed by atoms with van der Waals surface area (Å²) in [5.41, 5.74) is 1.89. The quantitative estimate of drug-likeness (QED) is 0.861. The third-order valence-corrected chi connectivity index (χ3v) is 3.60. The van der Waals surface area contributed by atoms with E-state index < -0.39 is 0 Å². The highest BCUT2D eigenvalue weighted by Crippen LogP contribution is 2.10. The van der Waals surface area contributed by atoms with Gasteiger partial charge in [-0.2, -0.15) is 0 Å². The van der Waals surface area contributed by atoms with Gasteiger partial charge in [0.1, 0.15) is 6.33 Å². The summed E-state index contributed by atoms with van der Waals surface area (Å²) in [5, 5.41) is 14.3. The van der Waals surface area contributed by atoms with Crippen LogP contribution in [0.25, 0.3) is 5.69 Å². The number of nitrogens with one attached hydrogen (secondary N) is 1. The molecule has 2 aromatic rings. The summed E-state index contributed by atoms with van der Waals surface area (Å²) in [6.45, 7) is 3.50. The molecule has 0 saturated carbocycles. The van der Waals surface area contributed by atoms with Crippen molar-refractivity contribution in [3.05, 3.63) is 36.2 Å². The van der Waals surface area contributed by atoms with Gasteiger partial charge in [0.25, 0.3) is 0 Å². The molecule has 2 heterocycles. The summed E-state index contributed by atoms with van der Waals surface area (Å²) in [7, 11) is 0. The van der Waals surface area contributed by atoms with Crippen molar-refractivity contribution < 1.29 is 4.79 Å². The van der Waals surface area contributed by atoms with E-state index in [0.717, 1.165) is 43.9 Å². The van der Waals surface area contributed by atoms with Crippen molar-refractivity contribution in [2.45, 2.75) is 12.8 Å². The summed E-state index contributed by atoms with van der Waals surface area (Å²) >= 11 is 0. The molecule has 0 radical (unpaired) electrons. The fourth-order valence-corrected chi connectivity index (χ4v) is 2.43. The second-order valence-electron chi connectivity index (χ2n) is 5.08. The zero-order valence-electron chi connectivity index (χ0n) is 11.8. The smallest absolute Gasteiger partial charge is 0.227 e. The first kappa shape index (κ1) is 13.7. The average Bonchev–Trinajstić information content (AvgIpc) is 2.90. The lowest BCUT2D eigenvalue weighted by atomic mass is 10.1. The van der Waals surface area contributed by atoms with Crippen LogP contribution in [0.4, 0.5) is 0 Å². The van der Waals surface area contributed by atoms with Crippen LogP contribution in [0.1, 0.15) is 12.0 Å². The van der Waals surface area contributed by atoms with Gasteiger partial charge in [0, 0.05) is 19.6 Å². The van der Waals surface area contributed by atoms with Crippen LogP contribution in [0, 0.1) is 0 Å². The minimum absolute atomic E-state index is 0.189. The number of hydrogen-bond donors (Lipinski definition) is 1. The second kappa shape index (κ2) is 6.45. The molecular weight excluding hydrogens is 268 g/mol. The molecule has 7 heteroatoms. The number of hydrogen-bond acceptors (Lipinski definition) is 5. The molecule has 21 heavy (non-hydrogen) atoms. The van der Waals surface area contributed by atoms with Crippen LogP contribution in [-0.2, 0) is 11.2 Å². The number of benzene rings is 1. The van der Waals surface area contributed by atoms with Crippen LogP contribution < -0.4 is 5.32 Å². The lowest BCUT2D eigenvalue weighted by Crippen LogP contribution is -2.35. The average molecular weight is 286 g/mol. The highest BCUT2D eigenvalue weighted by molar-refractivity contribution is 5.78. The van der Waals surface area contributed by atoms with Crippen LogP contribution in [0.5, 0.6) is 0 Å². The Morgan fingerprint density at radius 1 is 1.19 bits per heavy atom. The SMILES string of the molecule is O=C(Cc1ccc(-n2cnnn2)cc1)N1CCCNCC1. The first-order valence-corrected chi connectivity index (χ1v) is 7.14. The van der Waals surface area contributed by atoms with E-state index in [1.807, 2.05) is 29.2 Å². The summed E-state index contributed by atoms with van der Waals surface area (Å²) < 4.78 is 1.59. The van der Waals surface area contributed by atoms with E-state index in [1.165, 1.54) is 0 Å². The maximum Gasteiger partial charge on any atom is 0.227 e. The predicted molar refractivity (Wildman–Crippen MR) is 76.9 cm³/mol. The molecule has 1 saturated heterocycles. The molecule has 0 atom stereocenters. The second-order valence-corrected chi connectivity index (χ2v) is 5.08. The van der Waals surface area contributed by atoms with Crippen LogP contribution in [-0.4, -0.2) is 57.2 Å². The van der Waals surface area contributed by atoms with Gasteiger partial charge in [0.15, 0.2) is 0 Å². The van der Waals surface area contributed by atoms with E-state index >= 15 is 0 Å². The molecule has 0 aliphatic carbocycles. The lowest BCUT2D eigenvalue weighted by Gasteiger charge is -2.20. The van der Waals surface area contributed by atoms with Gasteiger partial charge >= 0.3 is 0 Å². The molecule has 0 bridgehead atoms. The van der Waals surface area contributed by atoms with Crippen molar-refractivity contribution >= 4 is 5.91 Å². The normalized spacial score (nSPS) is 15.7. The Morgan fingerprint density at radius 3 is 2.81 bits per heavy atom. The van der Waals surface area contributed by atoms with Crippen molar-refractivity contribution in [1.29, 1.82) is 0 Å². The number of amides is 1. The standard InChI is InChI=1S/C14H18N6O/c21-14(19-8-1-6-15-7-9-19)10-12-2-4-13(5-3-12)20-11-16-17-18-20/h2-5,11,15H,1,6-10H2. The Hall–Kier alpha value is -2.28. The van der Waals surface area contributed by atoms with E-state index in [2.05, 4.69) is 20.8 Å². The summed E-state index contributed by atoms with van der Waals surface area (Å²) in [4.78, 5) is 14.2. The topological polar surface area (TPSA) is 75.9 Å². The van der Waals surface area contributed by atoms with Crippen LogP contribution in [0.3, 0.4) is 0 Å². The minimum atomic E-state index is 0.189. The number of rotatable bonds is 3. The summed E-state index contributed by atoms with van der Waals surface area (Å²) in [6, 6.07) is 7.74. The number of tetrazole rings is 1. The molecule has 3 rings (SSSR count). The molecule has 0 spiro atoms. The molecular formula is C14H18N6O. The molecule has 7 nitrogen and oxygen atoms in total. The van der Waals surface area contributed by atoms with Crippen LogP contribution in [0.15, 0.2) is 30.6 Å². The Bertz CT molecular complexity index is 572. The van der Waals surface area contributed by atoms with E-state index in [4.69, 9.17) is 0 Å². The number of carbonyl (C=O) groups is 1. The zero-order chi connectivity index (χ0) is 14.5. The van der Waals surface area contributed by atoms with Crippen molar-refractivity contribution in [2.24, 2.45) is 0 Å². The molecule has 1 amide bonds. The fourth-order valence-electron chi connectivity index (χ4n) is 2.43.